The molecule has 33 heavy (non-hydrogen) atoms. The number of fused-ring (bicyclic) bond motifs is 1. The summed E-state index contributed by atoms with van der Waals surface area (Å²) in [4.78, 5) is 8.10. The van der Waals surface area contributed by atoms with Gasteiger partial charge in [-0.15, -0.1) is 11.8 Å². The van der Waals surface area contributed by atoms with E-state index in [0.29, 0.717) is 23.7 Å². The monoisotopic (exact) mass is 468 g/mol. The number of methoxy groups -OCH3 is 1. The molecule has 2 aromatic carbocycles. The average molecular weight is 469 g/mol. The fourth-order valence-corrected chi connectivity index (χ4v) is 5.75. The molecule has 1 fully saturated rings. The number of piperidine rings is 1. The Balaban J connectivity index is 1.30. The number of hydrogen-bond donors (Lipinski definition) is 1. The van der Waals surface area contributed by atoms with Gasteiger partial charge in [-0.2, -0.15) is 0 Å². The second-order valence-electron chi connectivity index (χ2n) is 8.78. The molecule has 0 radical (unpaired) electrons. The van der Waals surface area contributed by atoms with Crippen LogP contribution in [-0.4, -0.2) is 54.1 Å². The summed E-state index contributed by atoms with van der Waals surface area (Å²) < 4.78 is 20.7. The van der Waals surface area contributed by atoms with E-state index in [9.17, 15) is 5.11 Å². The van der Waals surface area contributed by atoms with Crippen molar-refractivity contribution in [3.8, 4) is 5.75 Å². The summed E-state index contributed by atoms with van der Waals surface area (Å²) in [5.41, 5.74) is 1.46. The van der Waals surface area contributed by atoms with Crippen molar-refractivity contribution in [2.75, 3.05) is 39.1 Å². The van der Waals surface area contributed by atoms with Crippen LogP contribution < -0.4 is 4.74 Å². The van der Waals surface area contributed by atoms with Gasteiger partial charge in [0.15, 0.2) is 0 Å². The average Bonchev–Trinajstić information content (AvgIpc) is 2.87. The highest BCUT2D eigenvalue weighted by Crippen LogP contribution is 2.35. The Kier molecular flexibility index (Phi) is 8.59. The summed E-state index contributed by atoms with van der Waals surface area (Å²) >= 11 is 1.87. The number of aromatic nitrogens is 1. The van der Waals surface area contributed by atoms with Crippen LogP contribution in [-0.2, 0) is 0 Å². The van der Waals surface area contributed by atoms with Gasteiger partial charge in [-0.3, -0.25) is 4.98 Å². The van der Waals surface area contributed by atoms with Crippen molar-refractivity contribution in [1.29, 1.82) is 0 Å². The van der Waals surface area contributed by atoms with Crippen LogP contribution in [0.5, 0.6) is 5.75 Å². The molecule has 1 aliphatic heterocycles. The highest BCUT2D eigenvalue weighted by atomic mass is 32.2. The van der Waals surface area contributed by atoms with E-state index in [1.54, 1.807) is 19.4 Å². The van der Waals surface area contributed by atoms with E-state index in [4.69, 9.17) is 4.74 Å². The molecular weight excluding hydrogens is 435 g/mol. The number of nitrogens with zero attached hydrogens (tertiary/aromatic N) is 2. The standard InChI is InChI=1S/C27H33FN2O2S/c1-32-22-8-10-27-25(17-22)24(11-13-29-27)26(28)9-7-20-12-14-30(18-21(20)19-31)15-16-33-23-5-3-2-4-6-23/h2-6,8,10-11,13,17,20-21,26,31H,7,9,12,14-16,18-19H2,1H3/t20-,21-,26+/m1/s1. The Morgan fingerprint density at radius 3 is 2.82 bits per heavy atom. The van der Waals surface area contributed by atoms with Gasteiger partial charge in [0.05, 0.1) is 12.6 Å². The molecule has 6 heteroatoms. The van der Waals surface area contributed by atoms with Crippen molar-refractivity contribution in [3.63, 3.8) is 0 Å². The Morgan fingerprint density at radius 1 is 1.18 bits per heavy atom. The Hall–Kier alpha value is -2.15. The minimum atomic E-state index is -1.05. The Morgan fingerprint density at radius 2 is 2.03 bits per heavy atom. The molecule has 0 unspecified atom stereocenters. The first-order valence-corrected chi connectivity index (χ1v) is 12.7. The van der Waals surface area contributed by atoms with Gasteiger partial charge < -0.3 is 14.7 Å². The number of benzene rings is 2. The zero-order chi connectivity index (χ0) is 23.0. The number of aliphatic hydroxyl groups is 1. The van der Waals surface area contributed by atoms with Crippen LogP contribution >= 0.6 is 11.8 Å². The van der Waals surface area contributed by atoms with E-state index in [1.165, 1.54) is 4.90 Å². The molecule has 3 aromatic rings. The number of halogens is 1. The number of rotatable bonds is 10. The lowest BCUT2D eigenvalue weighted by molar-refractivity contribution is 0.0672. The number of ether oxygens (including phenoxy) is 1. The molecule has 0 bridgehead atoms. The topological polar surface area (TPSA) is 45.6 Å². The molecule has 1 aromatic heterocycles. The van der Waals surface area contributed by atoms with Crippen LogP contribution in [0.1, 0.15) is 31.0 Å². The second kappa shape index (κ2) is 11.8. The number of thioether (sulfide) groups is 1. The lowest BCUT2D eigenvalue weighted by atomic mass is 9.81. The maximum Gasteiger partial charge on any atom is 0.126 e. The molecule has 0 spiro atoms. The molecular formula is C27H33FN2O2S. The van der Waals surface area contributed by atoms with Crippen molar-refractivity contribution in [3.05, 3.63) is 66.4 Å². The minimum Gasteiger partial charge on any atom is -0.497 e. The summed E-state index contributed by atoms with van der Waals surface area (Å²) in [6.45, 7) is 3.09. The van der Waals surface area contributed by atoms with Crippen LogP contribution in [0.2, 0.25) is 0 Å². The fourth-order valence-electron chi connectivity index (χ4n) is 4.82. The summed E-state index contributed by atoms with van der Waals surface area (Å²) in [6.07, 6.45) is 2.88. The summed E-state index contributed by atoms with van der Waals surface area (Å²) in [7, 11) is 1.62. The highest BCUT2D eigenvalue weighted by Gasteiger charge is 2.29. The first-order valence-electron chi connectivity index (χ1n) is 11.8. The SMILES string of the molecule is COc1ccc2nccc([C@@H](F)CC[C@@H]3CCN(CCSc4ccccc4)C[C@@H]3CO)c2c1. The van der Waals surface area contributed by atoms with E-state index in [1.807, 2.05) is 36.0 Å². The molecule has 4 nitrogen and oxygen atoms in total. The smallest absolute Gasteiger partial charge is 0.126 e. The Labute approximate surface area is 200 Å². The van der Waals surface area contributed by atoms with Gasteiger partial charge in [0.25, 0.3) is 0 Å². The summed E-state index contributed by atoms with van der Waals surface area (Å²) in [6, 6.07) is 17.8. The summed E-state index contributed by atoms with van der Waals surface area (Å²) in [5, 5.41) is 10.8. The number of aliphatic hydroxyl groups excluding tert-OH is 1. The molecule has 0 aliphatic carbocycles. The predicted octanol–water partition coefficient (Wildman–Crippen LogP) is 5.76. The largest absolute Gasteiger partial charge is 0.497 e. The molecule has 1 saturated heterocycles. The van der Waals surface area contributed by atoms with Gasteiger partial charge in [0.1, 0.15) is 11.9 Å². The van der Waals surface area contributed by atoms with Crippen molar-refractivity contribution in [2.24, 2.45) is 11.8 Å². The molecule has 1 aliphatic rings. The minimum absolute atomic E-state index is 0.166. The first-order chi connectivity index (χ1) is 16.2. The van der Waals surface area contributed by atoms with Crippen molar-refractivity contribution < 1.29 is 14.2 Å². The number of hydrogen-bond acceptors (Lipinski definition) is 5. The van der Waals surface area contributed by atoms with E-state index in [0.717, 1.165) is 49.1 Å². The van der Waals surface area contributed by atoms with Crippen LogP contribution in [0.15, 0.2) is 65.7 Å². The zero-order valence-electron chi connectivity index (χ0n) is 19.2. The molecule has 0 amide bonds. The molecule has 176 valence electrons. The third-order valence-electron chi connectivity index (χ3n) is 6.74. The molecule has 0 saturated carbocycles. The van der Waals surface area contributed by atoms with E-state index in [2.05, 4.69) is 34.1 Å². The molecule has 4 rings (SSSR count). The second-order valence-corrected chi connectivity index (χ2v) is 9.95. The lowest BCUT2D eigenvalue weighted by Crippen LogP contribution is -2.43. The Bertz CT molecular complexity index is 1020. The van der Waals surface area contributed by atoms with Crippen molar-refractivity contribution in [1.82, 2.24) is 9.88 Å². The van der Waals surface area contributed by atoms with Gasteiger partial charge in [0, 0.05) is 41.9 Å². The third kappa shape index (κ3) is 6.25. The number of alkyl halides is 1. The lowest BCUT2D eigenvalue weighted by Gasteiger charge is -2.38. The predicted molar refractivity (Wildman–Crippen MR) is 134 cm³/mol. The normalized spacial score (nSPS) is 20.1. The molecule has 3 atom stereocenters. The van der Waals surface area contributed by atoms with Crippen LogP contribution in [0.3, 0.4) is 0 Å². The fraction of sp³-hybridized carbons (Fsp3) is 0.444. The zero-order valence-corrected chi connectivity index (χ0v) is 20.0. The van der Waals surface area contributed by atoms with Gasteiger partial charge in [-0.25, -0.2) is 4.39 Å². The maximum absolute atomic E-state index is 15.3. The quantitative estimate of drug-likeness (QED) is 0.384. The molecule has 2 heterocycles. The van der Waals surface area contributed by atoms with Gasteiger partial charge >= 0.3 is 0 Å². The van der Waals surface area contributed by atoms with Crippen molar-refractivity contribution in [2.45, 2.75) is 30.3 Å². The third-order valence-corrected chi connectivity index (χ3v) is 7.73. The van der Waals surface area contributed by atoms with Crippen LogP contribution in [0, 0.1) is 11.8 Å². The van der Waals surface area contributed by atoms with Crippen molar-refractivity contribution >= 4 is 22.7 Å². The number of pyridine rings is 1. The van der Waals surface area contributed by atoms with Crippen LogP contribution in [0.25, 0.3) is 10.9 Å². The summed E-state index contributed by atoms with van der Waals surface area (Å²) in [5.74, 6) is 2.32. The molecule has 1 N–H and O–H groups in total. The van der Waals surface area contributed by atoms with Gasteiger partial charge in [-0.05, 0) is 79.6 Å². The van der Waals surface area contributed by atoms with E-state index >= 15 is 4.39 Å². The van der Waals surface area contributed by atoms with E-state index < -0.39 is 6.17 Å². The van der Waals surface area contributed by atoms with Gasteiger partial charge in [-0.1, -0.05) is 18.2 Å². The van der Waals surface area contributed by atoms with Gasteiger partial charge in [0.2, 0.25) is 0 Å². The maximum atomic E-state index is 15.3. The van der Waals surface area contributed by atoms with Crippen LogP contribution in [0.4, 0.5) is 4.39 Å². The number of likely N-dealkylation sites (tertiary alicyclic amines) is 1. The van der Waals surface area contributed by atoms with E-state index in [-0.39, 0.29) is 12.5 Å². The highest BCUT2D eigenvalue weighted by molar-refractivity contribution is 7.99. The first kappa shape index (κ1) is 24.0.